The Labute approximate surface area is 138 Å². The van der Waals surface area contributed by atoms with E-state index in [0.29, 0.717) is 5.56 Å². The lowest BCUT2D eigenvalue weighted by Gasteiger charge is -2.14. The smallest absolute Gasteiger partial charge is 0.127 e. The molecule has 0 aliphatic carbocycles. The number of rotatable bonds is 2. The van der Waals surface area contributed by atoms with Gasteiger partial charge in [0.15, 0.2) is 0 Å². The summed E-state index contributed by atoms with van der Waals surface area (Å²) in [6.45, 7) is 0. The Kier molecular flexibility index (Phi) is 5.03. The molecule has 0 radical (unpaired) electrons. The molecule has 0 aromatic heterocycles. The van der Waals surface area contributed by atoms with Crippen LogP contribution < -0.4 is 0 Å². The summed E-state index contributed by atoms with van der Waals surface area (Å²) in [4.78, 5) is -0.207. The molecule has 1 atom stereocenters. The Balaban J connectivity index is 2.50. The lowest BCUT2D eigenvalue weighted by Crippen LogP contribution is -1.98. The molecule has 2 rings (SSSR count). The van der Waals surface area contributed by atoms with E-state index in [1.807, 2.05) is 18.2 Å². The second-order valence-corrected chi connectivity index (χ2v) is 7.30. The molecule has 0 spiro atoms. The first-order chi connectivity index (χ1) is 8.49. The maximum absolute atomic E-state index is 13.9. The van der Waals surface area contributed by atoms with E-state index in [9.17, 15) is 4.39 Å². The summed E-state index contributed by atoms with van der Waals surface area (Å²) in [5.74, 6) is -0.230. The Morgan fingerprint density at radius 3 is 2.06 bits per heavy atom. The number of hydrogen-bond donors (Lipinski definition) is 0. The van der Waals surface area contributed by atoms with E-state index in [-0.39, 0.29) is 10.6 Å². The van der Waals surface area contributed by atoms with Crippen LogP contribution in [0.2, 0.25) is 0 Å². The second kappa shape index (κ2) is 6.16. The van der Waals surface area contributed by atoms with Gasteiger partial charge in [-0.1, -0.05) is 63.7 Å². The average Bonchev–Trinajstić information content (AvgIpc) is 2.34. The highest BCUT2D eigenvalue weighted by molar-refractivity contribution is 9.11. The second-order valence-electron chi connectivity index (χ2n) is 3.69. The maximum Gasteiger partial charge on any atom is 0.127 e. The summed E-state index contributed by atoms with van der Waals surface area (Å²) in [6, 6.07) is 10.8. The van der Waals surface area contributed by atoms with Crippen molar-refractivity contribution in [1.29, 1.82) is 0 Å². The Morgan fingerprint density at radius 1 is 0.833 bits per heavy atom. The van der Waals surface area contributed by atoms with Gasteiger partial charge in [-0.25, -0.2) is 4.39 Å². The van der Waals surface area contributed by atoms with Crippen LogP contribution in [0.15, 0.2) is 49.8 Å². The zero-order valence-electron chi connectivity index (χ0n) is 8.93. The zero-order valence-corrected chi connectivity index (χ0v) is 15.3. The quantitative estimate of drug-likeness (QED) is 0.407. The van der Waals surface area contributed by atoms with Crippen molar-refractivity contribution in [2.24, 2.45) is 0 Å². The molecule has 0 amide bonds. The largest absolute Gasteiger partial charge is 0.207 e. The monoisotopic (exact) mass is 498 g/mol. The molecular weight excluding hydrogens is 495 g/mol. The van der Waals surface area contributed by atoms with Crippen molar-refractivity contribution in [1.82, 2.24) is 0 Å². The predicted molar refractivity (Wildman–Crippen MR) is 86.7 cm³/mol. The molecule has 0 nitrogen and oxygen atoms in total. The molecule has 2 aromatic rings. The Morgan fingerprint density at radius 2 is 1.39 bits per heavy atom. The highest BCUT2D eigenvalue weighted by atomic mass is 79.9. The van der Waals surface area contributed by atoms with Crippen molar-refractivity contribution in [3.63, 3.8) is 0 Å². The van der Waals surface area contributed by atoms with Crippen LogP contribution in [0.4, 0.5) is 4.39 Å². The minimum atomic E-state index is -0.230. The third-order valence-electron chi connectivity index (χ3n) is 2.46. The number of benzene rings is 2. The van der Waals surface area contributed by atoms with Gasteiger partial charge in [-0.2, -0.15) is 0 Å². The van der Waals surface area contributed by atoms with Crippen LogP contribution in [0.5, 0.6) is 0 Å². The first kappa shape index (κ1) is 14.7. The molecule has 0 bridgehead atoms. The van der Waals surface area contributed by atoms with Crippen LogP contribution in [0.25, 0.3) is 0 Å². The fourth-order valence-corrected chi connectivity index (χ4v) is 3.86. The van der Waals surface area contributed by atoms with E-state index < -0.39 is 0 Å². The molecule has 0 saturated carbocycles. The average molecular weight is 502 g/mol. The van der Waals surface area contributed by atoms with E-state index >= 15 is 0 Å². The molecule has 1 unspecified atom stereocenters. The highest BCUT2D eigenvalue weighted by Crippen LogP contribution is 2.38. The van der Waals surface area contributed by atoms with Gasteiger partial charge in [0.1, 0.15) is 5.82 Å². The van der Waals surface area contributed by atoms with Crippen LogP contribution in [-0.4, -0.2) is 0 Å². The molecule has 0 heterocycles. The first-order valence-corrected chi connectivity index (χ1v) is 8.32. The zero-order chi connectivity index (χ0) is 13.3. The summed E-state index contributed by atoms with van der Waals surface area (Å²) >= 11 is 13.8. The molecule has 0 aliphatic rings. The van der Waals surface area contributed by atoms with Crippen LogP contribution in [0.1, 0.15) is 16.0 Å². The van der Waals surface area contributed by atoms with E-state index in [4.69, 9.17) is 0 Å². The fourth-order valence-electron chi connectivity index (χ4n) is 1.59. The van der Waals surface area contributed by atoms with Gasteiger partial charge in [-0.3, -0.25) is 0 Å². The van der Waals surface area contributed by atoms with Crippen molar-refractivity contribution < 1.29 is 4.39 Å². The summed E-state index contributed by atoms with van der Waals surface area (Å²) < 4.78 is 16.6. The van der Waals surface area contributed by atoms with Gasteiger partial charge in [0, 0.05) is 19.0 Å². The van der Waals surface area contributed by atoms with Crippen molar-refractivity contribution >= 4 is 63.7 Å². The molecule has 18 heavy (non-hydrogen) atoms. The van der Waals surface area contributed by atoms with Gasteiger partial charge in [0.05, 0.1) is 4.83 Å². The van der Waals surface area contributed by atoms with Gasteiger partial charge in [0.25, 0.3) is 0 Å². The maximum atomic E-state index is 13.9. The predicted octanol–water partition coefficient (Wildman–Crippen LogP) is 6.60. The van der Waals surface area contributed by atoms with Crippen molar-refractivity contribution in [3.05, 3.63) is 66.8 Å². The van der Waals surface area contributed by atoms with E-state index in [2.05, 4.69) is 63.7 Å². The normalized spacial score (nSPS) is 12.5. The molecule has 0 saturated heterocycles. The lowest BCUT2D eigenvalue weighted by atomic mass is 10.0. The topological polar surface area (TPSA) is 0 Å². The minimum absolute atomic E-state index is 0.207. The molecule has 94 valence electrons. The molecule has 0 aliphatic heterocycles. The molecule has 2 aromatic carbocycles. The molecule has 0 fully saturated rings. The van der Waals surface area contributed by atoms with Gasteiger partial charge in [-0.05, 0) is 42.0 Å². The standard InChI is InChI=1S/C13H7Br4F/c14-7-1-3-11(16)9(5-7)13(17)10-6-8(15)2-4-12(10)18/h1-6,13H. The van der Waals surface area contributed by atoms with Crippen LogP contribution >= 0.6 is 63.7 Å². The van der Waals surface area contributed by atoms with Gasteiger partial charge in [-0.15, -0.1) is 0 Å². The SMILES string of the molecule is Fc1ccc(Br)cc1C(Br)c1cc(Br)ccc1Br. The van der Waals surface area contributed by atoms with Gasteiger partial charge < -0.3 is 0 Å². The third-order valence-corrected chi connectivity index (χ3v) is 5.16. The third kappa shape index (κ3) is 3.24. The van der Waals surface area contributed by atoms with Crippen LogP contribution in [-0.2, 0) is 0 Å². The van der Waals surface area contributed by atoms with Crippen molar-refractivity contribution in [3.8, 4) is 0 Å². The number of halogens is 5. The summed E-state index contributed by atoms with van der Waals surface area (Å²) in [5, 5.41) is 0. The van der Waals surface area contributed by atoms with E-state index in [1.54, 1.807) is 12.1 Å². The number of hydrogen-bond acceptors (Lipinski definition) is 0. The molecule has 5 heteroatoms. The van der Waals surface area contributed by atoms with E-state index in [1.165, 1.54) is 6.07 Å². The fraction of sp³-hybridized carbons (Fsp3) is 0.0769. The highest BCUT2D eigenvalue weighted by Gasteiger charge is 2.18. The summed E-state index contributed by atoms with van der Waals surface area (Å²) in [6.07, 6.45) is 0. The number of alkyl halides is 1. The van der Waals surface area contributed by atoms with Crippen molar-refractivity contribution in [2.45, 2.75) is 4.83 Å². The minimum Gasteiger partial charge on any atom is -0.207 e. The van der Waals surface area contributed by atoms with Crippen LogP contribution in [0, 0.1) is 5.82 Å². The Hall–Kier alpha value is 0.290. The lowest BCUT2D eigenvalue weighted by molar-refractivity contribution is 0.613. The Bertz CT molecular complexity index is 532. The molecule has 0 N–H and O–H groups in total. The van der Waals surface area contributed by atoms with Crippen molar-refractivity contribution in [2.75, 3.05) is 0 Å². The van der Waals surface area contributed by atoms with Gasteiger partial charge >= 0.3 is 0 Å². The summed E-state index contributed by atoms with van der Waals surface area (Å²) in [7, 11) is 0. The van der Waals surface area contributed by atoms with E-state index in [0.717, 1.165) is 19.0 Å². The van der Waals surface area contributed by atoms with Gasteiger partial charge in [0.2, 0.25) is 0 Å². The first-order valence-electron chi connectivity index (χ1n) is 5.03. The van der Waals surface area contributed by atoms with Crippen LogP contribution in [0.3, 0.4) is 0 Å². The summed E-state index contributed by atoms with van der Waals surface area (Å²) in [5.41, 5.74) is 1.57. The molecular formula is C13H7Br4F.